The van der Waals surface area contributed by atoms with Crippen molar-refractivity contribution in [3.63, 3.8) is 0 Å². The number of nitrogens with zero attached hydrogens (tertiary/aromatic N) is 2. The summed E-state index contributed by atoms with van der Waals surface area (Å²) in [6.07, 6.45) is 1.43. The predicted molar refractivity (Wildman–Crippen MR) is 72.1 cm³/mol. The Bertz CT molecular complexity index is 609. The zero-order chi connectivity index (χ0) is 13.1. The van der Waals surface area contributed by atoms with E-state index in [1.165, 1.54) is 18.3 Å². The average molecular weight is 328 g/mol. The number of thiocarbonyl (C=S) groups is 1. The van der Waals surface area contributed by atoms with Gasteiger partial charge in [0.05, 0.1) is 11.8 Å². The minimum Gasteiger partial charge on any atom is -0.434 e. The number of hydrogen-bond donors (Lipinski definition) is 1. The SMILES string of the molecule is NC(=S)c1ccnnc1Oc1cc(Br)ccc1F. The van der Waals surface area contributed by atoms with Crippen LogP contribution >= 0.6 is 28.1 Å². The van der Waals surface area contributed by atoms with Crippen LogP contribution < -0.4 is 10.5 Å². The molecule has 2 rings (SSSR count). The third kappa shape index (κ3) is 2.80. The fourth-order valence-corrected chi connectivity index (χ4v) is 1.74. The number of rotatable bonds is 3. The molecule has 0 saturated carbocycles. The van der Waals surface area contributed by atoms with Gasteiger partial charge >= 0.3 is 0 Å². The van der Waals surface area contributed by atoms with Gasteiger partial charge in [0.1, 0.15) is 4.99 Å². The van der Waals surface area contributed by atoms with Gasteiger partial charge in [-0.3, -0.25) is 0 Å². The standard InChI is InChI=1S/C11H7BrFN3OS/c12-6-1-2-8(13)9(5-6)17-11-7(10(14)18)3-4-15-16-11/h1-5H,(H2,14,18). The van der Waals surface area contributed by atoms with Crippen molar-refractivity contribution in [1.82, 2.24) is 10.2 Å². The van der Waals surface area contributed by atoms with Crippen LogP contribution in [-0.2, 0) is 0 Å². The van der Waals surface area contributed by atoms with Gasteiger partial charge in [-0.1, -0.05) is 28.1 Å². The fraction of sp³-hybridized carbons (Fsp3) is 0. The molecule has 92 valence electrons. The highest BCUT2D eigenvalue weighted by Crippen LogP contribution is 2.27. The molecule has 0 unspecified atom stereocenters. The summed E-state index contributed by atoms with van der Waals surface area (Å²) in [5.74, 6) is -0.429. The number of nitrogens with two attached hydrogens (primary N) is 1. The second-order valence-corrected chi connectivity index (χ2v) is 4.65. The first-order valence-corrected chi connectivity index (χ1v) is 6.02. The molecule has 4 nitrogen and oxygen atoms in total. The number of aromatic nitrogens is 2. The van der Waals surface area contributed by atoms with E-state index in [9.17, 15) is 4.39 Å². The van der Waals surface area contributed by atoms with Gasteiger partial charge in [-0.05, 0) is 24.3 Å². The molecule has 0 aliphatic heterocycles. The van der Waals surface area contributed by atoms with Crippen LogP contribution in [0.3, 0.4) is 0 Å². The lowest BCUT2D eigenvalue weighted by atomic mass is 10.3. The Labute approximate surface area is 116 Å². The van der Waals surface area contributed by atoms with Crippen LogP contribution in [0, 0.1) is 5.82 Å². The van der Waals surface area contributed by atoms with Gasteiger partial charge in [-0.2, -0.15) is 5.10 Å². The van der Waals surface area contributed by atoms with Crippen molar-refractivity contribution in [2.45, 2.75) is 0 Å². The van der Waals surface area contributed by atoms with Crippen LogP contribution in [-0.4, -0.2) is 15.2 Å². The largest absolute Gasteiger partial charge is 0.434 e. The molecular weight excluding hydrogens is 321 g/mol. The highest BCUT2D eigenvalue weighted by atomic mass is 79.9. The lowest BCUT2D eigenvalue weighted by Crippen LogP contribution is -2.12. The molecule has 0 bridgehead atoms. The molecule has 1 heterocycles. The van der Waals surface area contributed by atoms with Gasteiger partial charge in [-0.15, -0.1) is 5.10 Å². The lowest BCUT2D eigenvalue weighted by molar-refractivity contribution is 0.421. The number of benzene rings is 1. The van der Waals surface area contributed by atoms with E-state index in [0.29, 0.717) is 10.0 Å². The van der Waals surface area contributed by atoms with E-state index in [0.717, 1.165) is 0 Å². The Morgan fingerprint density at radius 1 is 1.39 bits per heavy atom. The molecular formula is C11H7BrFN3OS. The molecule has 7 heteroatoms. The minimum absolute atomic E-state index is 0.0161. The Balaban J connectivity index is 2.40. The van der Waals surface area contributed by atoms with Gasteiger partial charge in [0.2, 0.25) is 5.88 Å². The Morgan fingerprint density at radius 3 is 2.89 bits per heavy atom. The average Bonchev–Trinajstić information content (AvgIpc) is 2.34. The van der Waals surface area contributed by atoms with E-state index in [2.05, 4.69) is 26.1 Å². The first kappa shape index (κ1) is 12.8. The topological polar surface area (TPSA) is 61.0 Å². The van der Waals surface area contributed by atoms with Crippen LogP contribution in [0.25, 0.3) is 0 Å². The smallest absolute Gasteiger partial charge is 0.249 e. The second-order valence-electron chi connectivity index (χ2n) is 3.29. The van der Waals surface area contributed by atoms with Gasteiger partial charge < -0.3 is 10.5 Å². The van der Waals surface area contributed by atoms with Crippen LogP contribution in [0.2, 0.25) is 0 Å². The summed E-state index contributed by atoms with van der Waals surface area (Å²) in [6, 6.07) is 5.87. The van der Waals surface area contributed by atoms with Crippen LogP contribution in [0.15, 0.2) is 34.9 Å². The summed E-state index contributed by atoms with van der Waals surface area (Å²) >= 11 is 8.08. The van der Waals surface area contributed by atoms with Crippen molar-refractivity contribution in [3.05, 3.63) is 46.3 Å². The van der Waals surface area contributed by atoms with Gasteiger partial charge in [0, 0.05) is 4.47 Å². The molecule has 0 atom stereocenters. The maximum absolute atomic E-state index is 13.5. The highest BCUT2D eigenvalue weighted by molar-refractivity contribution is 9.10. The molecule has 0 saturated heterocycles. The molecule has 2 N–H and O–H groups in total. The van der Waals surface area contributed by atoms with Crippen LogP contribution in [0.1, 0.15) is 5.56 Å². The first-order chi connectivity index (χ1) is 8.58. The predicted octanol–water partition coefficient (Wildman–Crippen LogP) is 2.80. The molecule has 1 aromatic carbocycles. The van der Waals surface area contributed by atoms with Crippen molar-refractivity contribution in [1.29, 1.82) is 0 Å². The normalized spacial score (nSPS) is 10.1. The molecule has 1 aromatic heterocycles. The zero-order valence-corrected chi connectivity index (χ0v) is 11.3. The molecule has 0 spiro atoms. The number of ether oxygens (including phenoxy) is 1. The van der Waals surface area contributed by atoms with Crippen molar-refractivity contribution in [2.24, 2.45) is 5.73 Å². The summed E-state index contributed by atoms with van der Waals surface area (Å²) < 4.78 is 19.5. The van der Waals surface area contributed by atoms with E-state index < -0.39 is 5.82 Å². The van der Waals surface area contributed by atoms with Gasteiger partial charge in [0.25, 0.3) is 0 Å². The molecule has 0 radical (unpaired) electrons. The fourth-order valence-electron chi connectivity index (χ4n) is 1.24. The highest BCUT2D eigenvalue weighted by Gasteiger charge is 2.12. The monoisotopic (exact) mass is 327 g/mol. The Hall–Kier alpha value is -1.60. The summed E-state index contributed by atoms with van der Waals surface area (Å²) in [5.41, 5.74) is 5.92. The third-order valence-electron chi connectivity index (χ3n) is 2.05. The van der Waals surface area contributed by atoms with Gasteiger partial charge in [-0.25, -0.2) is 4.39 Å². The maximum atomic E-state index is 13.5. The maximum Gasteiger partial charge on any atom is 0.249 e. The van der Waals surface area contributed by atoms with E-state index in [1.807, 2.05) is 0 Å². The van der Waals surface area contributed by atoms with Gasteiger partial charge in [0.15, 0.2) is 11.6 Å². The molecule has 0 aliphatic rings. The van der Waals surface area contributed by atoms with Crippen molar-refractivity contribution in [3.8, 4) is 11.6 Å². The quantitative estimate of drug-likeness (QED) is 0.878. The summed E-state index contributed by atoms with van der Waals surface area (Å²) in [7, 11) is 0. The summed E-state index contributed by atoms with van der Waals surface area (Å²) in [4.78, 5) is 0.107. The van der Waals surface area contributed by atoms with E-state index in [4.69, 9.17) is 22.7 Å². The third-order valence-corrected chi connectivity index (χ3v) is 2.77. The Morgan fingerprint density at radius 2 is 2.17 bits per heavy atom. The van der Waals surface area contributed by atoms with Crippen molar-refractivity contribution >= 4 is 33.1 Å². The second kappa shape index (κ2) is 5.36. The van der Waals surface area contributed by atoms with E-state index >= 15 is 0 Å². The molecule has 0 aliphatic carbocycles. The molecule has 2 aromatic rings. The van der Waals surface area contributed by atoms with E-state index in [-0.39, 0.29) is 16.6 Å². The number of hydrogen-bond acceptors (Lipinski definition) is 4. The molecule has 0 amide bonds. The minimum atomic E-state index is -0.516. The summed E-state index contributed by atoms with van der Waals surface area (Å²) in [6.45, 7) is 0. The van der Waals surface area contributed by atoms with Crippen molar-refractivity contribution < 1.29 is 9.13 Å². The van der Waals surface area contributed by atoms with Crippen LogP contribution in [0.4, 0.5) is 4.39 Å². The van der Waals surface area contributed by atoms with Crippen LogP contribution in [0.5, 0.6) is 11.6 Å². The molecule has 18 heavy (non-hydrogen) atoms. The number of halogens is 2. The van der Waals surface area contributed by atoms with Crippen molar-refractivity contribution in [2.75, 3.05) is 0 Å². The zero-order valence-electron chi connectivity index (χ0n) is 8.93. The summed E-state index contributed by atoms with van der Waals surface area (Å²) in [5, 5.41) is 7.40. The van der Waals surface area contributed by atoms with E-state index in [1.54, 1.807) is 12.1 Å². The first-order valence-electron chi connectivity index (χ1n) is 4.82. The lowest BCUT2D eigenvalue weighted by Gasteiger charge is -2.08. The molecule has 0 fully saturated rings. The Kier molecular flexibility index (Phi) is 3.83.